The number of ether oxygens (including phenoxy) is 1. The average Bonchev–Trinajstić information content (AvgIpc) is 2.34. The fraction of sp³-hybridized carbons (Fsp3) is 0.933. The first-order chi connectivity index (χ1) is 8.40. The highest BCUT2D eigenvalue weighted by molar-refractivity contribution is 4.98. The molecule has 1 aliphatic rings. The van der Waals surface area contributed by atoms with Crippen LogP contribution >= 0.6 is 0 Å². The molecule has 1 aliphatic carbocycles. The number of nitriles is 1. The van der Waals surface area contributed by atoms with Gasteiger partial charge in [0, 0.05) is 19.7 Å². The molecule has 3 nitrogen and oxygen atoms in total. The molecule has 1 fully saturated rings. The predicted octanol–water partition coefficient (Wildman–Crippen LogP) is 2.92. The Labute approximate surface area is 112 Å². The van der Waals surface area contributed by atoms with Crippen molar-refractivity contribution in [3.05, 3.63) is 0 Å². The third-order valence-electron chi connectivity index (χ3n) is 4.42. The first-order valence-corrected chi connectivity index (χ1v) is 6.99. The lowest BCUT2D eigenvalue weighted by atomic mass is 9.68. The minimum absolute atomic E-state index is 0.186. The van der Waals surface area contributed by atoms with Crippen LogP contribution in [0.15, 0.2) is 0 Å². The molecule has 0 amide bonds. The summed E-state index contributed by atoms with van der Waals surface area (Å²) in [7, 11) is 3.85. The Kier molecular flexibility index (Phi) is 5.62. The molecule has 0 N–H and O–H groups in total. The SMILES string of the molecule is COCCN(C)C1CC(C(C)(C)C)CCC1C#N. The zero-order valence-electron chi connectivity index (χ0n) is 12.6. The van der Waals surface area contributed by atoms with Gasteiger partial charge in [0.15, 0.2) is 0 Å². The number of nitrogens with zero attached hydrogens (tertiary/aromatic N) is 2. The highest BCUT2D eigenvalue weighted by Crippen LogP contribution is 2.41. The standard InChI is InChI=1S/C15H28N2O/c1-15(2,3)13-7-6-12(11-16)14(10-13)17(4)8-9-18-5/h12-14H,6-10H2,1-5H3. The van der Waals surface area contributed by atoms with Gasteiger partial charge in [-0.3, -0.25) is 4.90 Å². The van der Waals surface area contributed by atoms with E-state index in [2.05, 4.69) is 38.8 Å². The van der Waals surface area contributed by atoms with E-state index in [1.165, 1.54) is 6.42 Å². The number of likely N-dealkylation sites (N-methyl/N-ethyl adjacent to an activating group) is 1. The summed E-state index contributed by atoms with van der Waals surface area (Å²) in [5.74, 6) is 0.905. The second kappa shape index (κ2) is 6.54. The summed E-state index contributed by atoms with van der Waals surface area (Å²) in [5.41, 5.74) is 0.348. The first-order valence-electron chi connectivity index (χ1n) is 6.99. The van der Waals surface area contributed by atoms with Crippen LogP contribution in [0, 0.1) is 28.6 Å². The molecule has 0 heterocycles. The highest BCUT2D eigenvalue weighted by atomic mass is 16.5. The Morgan fingerprint density at radius 3 is 2.50 bits per heavy atom. The summed E-state index contributed by atoms with van der Waals surface area (Å²) in [5, 5.41) is 9.32. The smallest absolute Gasteiger partial charge is 0.0672 e. The molecule has 3 unspecified atom stereocenters. The van der Waals surface area contributed by atoms with Crippen molar-refractivity contribution in [2.75, 3.05) is 27.3 Å². The monoisotopic (exact) mass is 252 g/mol. The molecule has 3 atom stereocenters. The Morgan fingerprint density at radius 2 is 2.00 bits per heavy atom. The summed E-state index contributed by atoms with van der Waals surface area (Å²) >= 11 is 0. The van der Waals surface area contributed by atoms with Crippen molar-refractivity contribution in [1.29, 1.82) is 5.26 Å². The number of rotatable bonds is 4. The van der Waals surface area contributed by atoms with E-state index < -0.39 is 0 Å². The van der Waals surface area contributed by atoms with E-state index in [1.807, 2.05) is 0 Å². The summed E-state index contributed by atoms with van der Waals surface area (Å²) in [6.07, 6.45) is 3.37. The largest absolute Gasteiger partial charge is 0.383 e. The highest BCUT2D eigenvalue weighted by Gasteiger charge is 2.37. The van der Waals surface area contributed by atoms with Crippen molar-refractivity contribution in [1.82, 2.24) is 4.90 Å². The van der Waals surface area contributed by atoms with Gasteiger partial charge in [-0.1, -0.05) is 20.8 Å². The zero-order chi connectivity index (χ0) is 13.8. The third kappa shape index (κ3) is 3.96. The molecule has 0 bridgehead atoms. The average molecular weight is 252 g/mol. The Morgan fingerprint density at radius 1 is 1.33 bits per heavy atom. The third-order valence-corrected chi connectivity index (χ3v) is 4.42. The maximum Gasteiger partial charge on any atom is 0.0672 e. The van der Waals surface area contributed by atoms with Crippen LogP contribution in [0.2, 0.25) is 0 Å². The van der Waals surface area contributed by atoms with Gasteiger partial charge in [0.05, 0.1) is 18.6 Å². The maximum absolute atomic E-state index is 9.32. The van der Waals surface area contributed by atoms with Crippen molar-refractivity contribution < 1.29 is 4.74 Å². The van der Waals surface area contributed by atoms with Crippen LogP contribution in [-0.4, -0.2) is 38.3 Å². The Balaban J connectivity index is 2.68. The van der Waals surface area contributed by atoms with Crippen molar-refractivity contribution in [2.45, 2.75) is 46.1 Å². The van der Waals surface area contributed by atoms with Crippen LogP contribution < -0.4 is 0 Å². The lowest BCUT2D eigenvalue weighted by molar-refractivity contribution is 0.0587. The van der Waals surface area contributed by atoms with Crippen LogP contribution in [0.5, 0.6) is 0 Å². The summed E-state index contributed by atoms with van der Waals surface area (Å²) in [6, 6.07) is 2.89. The normalized spacial score (nSPS) is 29.3. The minimum Gasteiger partial charge on any atom is -0.383 e. The molecule has 0 radical (unpaired) electrons. The van der Waals surface area contributed by atoms with Crippen molar-refractivity contribution in [3.8, 4) is 6.07 Å². The van der Waals surface area contributed by atoms with E-state index in [-0.39, 0.29) is 5.92 Å². The molecule has 0 aromatic heterocycles. The van der Waals surface area contributed by atoms with E-state index in [0.29, 0.717) is 11.5 Å². The molecule has 3 heteroatoms. The van der Waals surface area contributed by atoms with Crippen LogP contribution in [-0.2, 0) is 4.74 Å². The van der Waals surface area contributed by atoms with Gasteiger partial charge in [0.2, 0.25) is 0 Å². The summed E-state index contributed by atoms with van der Waals surface area (Å²) < 4.78 is 5.14. The van der Waals surface area contributed by atoms with E-state index in [0.717, 1.165) is 31.9 Å². The zero-order valence-corrected chi connectivity index (χ0v) is 12.6. The van der Waals surface area contributed by atoms with Gasteiger partial charge < -0.3 is 4.74 Å². The lowest BCUT2D eigenvalue weighted by Gasteiger charge is -2.43. The Hall–Kier alpha value is -0.590. The molecule has 0 saturated heterocycles. The predicted molar refractivity (Wildman–Crippen MR) is 74.2 cm³/mol. The fourth-order valence-electron chi connectivity index (χ4n) is 2.97. The van der Waals surface area contributed by atoms with Crippen molar-refractivity contribution in [3.63, 3.8) is 0 Å². The topological polar surface area (TPSA) is 36.3 Å². The number of hydrogen-bond donors (Lipinski definition) is 0. The minimum atomic E-state index is 0.186. The maximum atomic E-state index is 9.32. The van der Waals surface area contributed by atoms with Crippen molar-refractivity contribution >= 4 is 0 Å². The van der Waals surface area contributed by atoms with Gasteiger partial charge >= 0.3 is 0 Å². The van der Waals surface area contributed by atoms with Gasteiger partial charge in [0.25, 0.3) is 0 Å². The Bertz CT molecular complexity index is 290. The lowest BCUT2D eigenvalue weighted by Crippen LogP contribution is -2.45. The number of hydrogen-bond acceptors (Lipinski definition) is 3. The van der Waals surface area contributed by atoms with E-state index in [9.17, 15) is 5.26 Å². The second-order valence-electron chi connectivity index (χ2n) is 6.65. The quantitative estimate of drug-likeness (QED) is 0.772. The van der Waals surface area contributed by atoms with Gasteiger partial charge in [0.1, 0.15) is 0 Å². The molecule has 104 valence electrons. The molecule has 1 saturated carbocycles. The van der Waals surface area contributed by atoms with Gasteiger partial charge in [-0.15, -0.1) is 0 Å². The van der Waals surface area contributed by atoms with Gasteiger partial charge in [-0.25, -0.2) is 0 Å². The number of methoxy groups -OCH3 is 1. The van der Waals surface area contributed by atoms with Crippen LogP contribution in [0.4, 0.5) is 0 Å². The van der Waals surface area contributed by atoms with Crippen LogP contribution in [0.25, 0.3) is 0 Å². The fourth-order valence-corrected chi connectivity index (χ4v) is 2.97. The van der Waals surface area contributed by atoms with Crippen LogP contribution in [0.1, 0.15) is 40.0 Å². The molecule has 1 rings (SSSR count). The van der Waals surface area contributed by atoms with Gasteiger partial charge in [-0.2, -0.15) is 5.26 Å². The second-order valence-corrected chi connectivity index (χ2v) is 6.65. The molecular formula is C15H28N2O. The molecular weight excluding hydrogens is 224 g/mol. The molecule has 0 spiro atoms. The van der Waals surface area contributed by atoms with E-state index in [4.69, 9.17) is 4.74 Å². The van der Waals surface area contributed by atoms with E-state index >= 15 is 0 Å². The first kappa shape index (κ1) is 15.5. The van der Waals surface area contributed by atoms with Crippen molar-refractivity contribution in [2.24, 2.45) is 17.3 Å². The molecule has 0 aromatic rings. The molecule has 0 aliphatic heterocycles. The molecule has 0 aromatic carbocycles. The summed E-state index contributed by atoms with van der Waals surface area (Å²) in [6.45, 7) is 8.60. The van der Waals surface area contributed by atoms with Gasteiger partial charge in [-0.05, 0) is 37.6 Å². The van der Waals surface area contributed by atoms with E-state index in [1.54, 1.807) is 7.11 Å². The molecule has 18 heavy (non-hydrogen) atoms. The van der Waals surface area contributed by atoms with Crippen LogP contribution in [0.3, 0.4) is 0 Å². The summed E-state index contributed by atoms with van der Waals surface area (Å²) in [4.78, 5) is 2.31.